The summed E-state index contributed by atoms with van der Waals surface area (Å²) in [5, 5.41) is 3.63. The molecule has 0 aliphatic heterocycles. The summed E-state index contributed by atoms with van der Waals surface area (Å²) in [6.07, 6.45) is 3.35. The molecular weight excluding hydrogens is 278 g/mol. The van der Waals surface area contributed by atoms with Crippen molar-refractivity contribution in [3.8, 4) is 0 Å². The third-order valence-corrected chi connectivity index (χ3v) is 3.58. The van der Waals surface area contributed by atoms with Crippen molar-refractivity contribution in [2.75, 3.05) is 0 Å². The summed E-state index contributed by atoms with van der Waals surface area (Å²) in [6, 6.07) is 11.1. The Morgan fingerprint density at radius 3 is 2.82 bits per heavy atom. The first-order chi connectivity index (χ1) is 10.7. The number of carbonyl (C=O) groups excluding carboxylic acids is 1. The maximum atomic E-state index is 12.4. The third-order valence-electron chi connectivity index (χ3n) is 3.58. The summed E-state index contributed by atoms with van der Waals surface area (Å²) in [7, 11) is 0. The van der Waals surface area contributed by atoms with Crippen LogP contribution in [0, 0.1) is 6.92 Å². The highest BCUT2D eigenvalue weighted by molar-refractivity contribution is 5.99. The van der Waals surface area contributed by atoms with Gasteiger partial charge >= 0.3 is 0 Å². The van der Waals surface area contributed by atoms with Crippen LogP contribution < -0.4 is 10.9 Å². The van der Waals surface area contributed by atoms with Crippen molar-refractivity contribution in [2.24, 2.45) is 0 Å². The summed E-state index contributed by atoms with van der Waals surface area (Å²) in [4.78, 5) is 31.3. The molecule has 110 valence electrons. The maximum Gasteiger partial charge on any atom is 0.261 e. The average Bonchev–Trinajstić information content (AvgIpc) is 2.54. The van der Waals surface area contributed by atoms with E-state index in [1.807, 2.05) is 30.3 Å². The van der Waals surface area contributed by atoms with E-state index in [2.05, 4.69) is 15.3 Å². The molecule has 22 heavy (non-hydrogen) atoms. The molecular formula is C17H15N3O2. The lowest BCUT2D eigenvalue weighted by atomic mass is 10.0. The number of hydrogen-bond donors (Lipinski definition) is 2. The van der Waals surface area contributed by atoms with Crippen molar-refractivity contribution in [3.63, 3.8) is 0 Å². The highest BCUT2D eigenvalue weighted by Crippen LogP contribution is 2.16. The number of benzene rings is 1. The Kier molecular flexibility index (Phi) is 3.70. The van der Waals surface area contributed by atoms with Gasteiger partial charge in [0.1, 0.15) is 5.56 Å². The maximum absolute atomic E-state index is 12.4. The van der Waals surface area contributed by atoms with Gasteiger partial charge in [-0.1, -0.05) is 24.3 Å². The number of amides is 1. The topological polar surface area (TPSA) is 74.8 Å². The SMILES string of the molecule is Cc1c(C(=O)NCc2cccnc2)c(=O)[nH]c2ccccc12. The van der Waals surface area contributed by atoms with E-state index in [0.29, 0.717) is 12.1 Å². The van der Waals surface area contributed by atoms with E-state index in [0.717, 1.165) is 16.5 Å². The van der Waals surface area contributed by atoms with Gasteiger partial charge in [-0.05, 0) is 30.2 Å². The lowest BCUT2D eigenvalue weighted by Gasteiger charge is -2.09. The van der Waals surface area contributed by atoms with E-state index in [1.165, 1.54) is 0 Å². The molecule has 5 heteroatoms. The Bertz CT molecular complexity index is 885. The minimum atomic E-state index is -0.381. The molecule has 3 aromatic rings. The summed E-state index contributed by atoms with van der Waals surface area (Å²) < 4.78 is 0. The quantitative estimate of drug-likeness (QED) is 0.777. The molecule has 3 rings (SSSR count). The number of H-pyrrole nitrogens is 1. The highest BCUT2D eigenvalue weighted by atomic mass is 16.2. The molecule has 1 amide bonds. The summed E-state index contributed by atoms with van der Waals surface area (Å²) >= 11 is 0. The molecule has 0 unspecified atom stereocenters. The van der Waals surface area contributed by atoms with E-state index in [1.54, 1.807) is 25.4 Å². The number of rotatable bonds is 3. The Labute approximate surface area is 127 Å². The van der Waals surface area contributed by atoms with E-state index in [9.17, 15) is 9.59 Å². The molecule has 0 aliphatic carbocycles. The summed E-state index contributed by atoms with van der Waals surface area (Å²) in [6.45, 7) is 2.12. The molecule has 0 spiro atoms. The van der Waals surface area contributed by atoms with Crippen LogP contribution in [0.1, 0.15) is 21.5 Å². The fourth-order valence-electron chi connectivity index (χ4n) is 2.46. The number of pyridine rings is 2. The standard InChI is InChI=1S/C17H15N3O2/c1-11-13-6-2-3-7-14(13)20-17(22)15(11)16(21)19-10-12-5-4-8-18-9-12/h2-9H,10H2,1H3,(H,19,21)(H,20,22). The Morgan fingerprint density at radius 2 is 2.05 bits per heavy atom. The molecule has 5 nitrogen and oxygen atoms in total. The molecule has 2 aromatic heterocycles. The lowest BCUT2D eigenvalue weighted by Crippen LogP contribution is -2.30. The van der Waals surface area contributed by atoms with Crippen LogP contribution >= 0.6 is 0 Å². The molecule has 0 aliphatic rings. The van der Waals surface area contributed by atoms with E-state index in [-0.39, 0.29) is 17.0 Å². The third kappa shape index (κ3) is 2.61. The molecule has 0 radical (unpaired) electrons. The first kappa shape index (κ1) is 14.0. The predicted molar refractivity (Wildman–Crippen MR) is 84.7 cm³/mol. The number of nitrogens with one attached hydrogen (secondary N) is 2. The Morgan fingerprint density at radius 1 is 1.23 bits per heavy atom. The van der Waals surface area contributed by atoms with Crippen LogP contribution in [-0.4, -0.2) is 15.9 Å². The zero-order valence-corrected chi connectivity index (χ0v) is 12.1. The van der Waals surface area contributed by atoms with Gasteiger partial charge in [-0.3, -0.25) is 14.6 Å². The molecule has 0 saturated carbocycles. The van der Waals surface area contributed by atoms with Gasteiger partial charge in [0.15, 0.2) is 0 Å². The van der Waals surface area contributed by atoms with E-state index >= 15 is 0 Å². The number of aromatic amines is 1. The number of nitrogens with zero attached hydrogens (tertiary/aromatic N) is 1. The highest BCUT2D eigenvalue weighted by Gasteiger charge is 2.16. The number of para-hydroxylation sites is 1. The van der Waals surface area contributed by atoms with Crippen LogP contribution in [0.4, 0.5) is 0 Å². The largest absolute Gasteiger partial charge is 0.348 e. The van der Waals surface area contributed by atoms with Crippen molar-refractivity contribution in [3.05, 3.63) is 75.8 Å². The second-order valence-corrected chi connectivity index (χ2v) is 5.04. The fourth-order valence-corrected chi connectivity index (χ4v) is 2.46. The van der Waals surface area contributed by atoms with Gasteiger partial charge in [0, 0.05) is 29.8 Å². The second kappa shape index (κ2) is 5.81. The van der Waals surface area contributed by atoms with Gasteiger partial charge in [0.25, 0.3) is 11.5 Å². The Balaban J connectivity index is 1.92. The monoisotopic (exact) mass is 293 g/mol. The number of aromatic nitrogens is 2. The summed E-state index contributed by atoms with van der Waals surface area (Å²) in [5.41, 5.74) is 2.07. The zero-order valence-electron chi connectivity index (χ0n) is 12.1. The molecule has 0 fully saturated rings. The molecule has 2 heterocycles. The van der Waals surface area contributed by atoms with Gasteiger partial charge in [-0.25, -0.2) is 0 Å². The van der Waals surface area contributed by atoms with Crippen LogP contribution in [0.25, 0.3) is 10.9 Å². The van der Waals surface area contributed by atoms with Gasteiger partial charge in [0.05, 0.1) is 0 Å². The zero-order chi connectivity index (χ0) is 15.5. The smallest absolute Gasteiger partial charge is 0.261 e. The molecule has 0 bridgehead atoms. The van der Waals surface area contributed by atoms with Crippen LogP contribution in [0.3, 0.4) is 0 Å². The number of fused-ring (bicyclic) bond motifs is 1. The van der Waals surface area contributed by atoms with Crippen molar-refractivity contribution in [2.45, 2.75) is 13.5 Å². The normalized spacial score (nSPS) is 10.6. The molecule has 0 atom stereocenters. The fraction of sp³-hybridized carbons (Fsp3) is 0.118. The minimum absolute atomic E-state index is 0.155. The second-order valence-electron chi connectivity index (χ2n) is 5.04. The van der Waals surface area contributed by atoms with Gasteiger partial charge < -0.3 is 10.3 Å². The van der Waals surface area contributed by atoms with Crippen LogP contribution in [0.5, 0.6) is 0 Å². The number of aryl methyl sites for hydroxylation is 1. The lowest BCUT2D eigenvalue weighted by molar-refractivity contribution is 0.0949. The molecule has 0 saturated heterocycles. The minimum Gasteiger partial charge on any atom is -0.348 e. The molecule has 2 N–H and O–H groups in total. The summed E-state index contributed by atoms with van der Waals surface area (Å²) in [5.74, 6) is -0.381. The van der Waals surface area contributed by atoms with E-state index < -0.39 is 0 Å². The molecule has 1 aromatic carbocycles. The predicted octanol–water partition coefficient (Wildman–Crippen LogP) is 2.16. The van der Waals surface area contributed by atoms with Crippen molar-refractivity contribution in [1.82, 2.24) is 15.3 Å². The van der Waals surface area contributed by atoms with Gasteiger partial charge in [0.2, 0.25) is 0 Å². The van der Waals surface area contributed by atoms with Crippen molar-refractivity contribution in [1.29, 1.82) is 0 Å². The number of carbonyl (C=O) groups is 1. The van der Waals surface area contributed by atoms with Crippen molar-refractivity contribution >= 4 is 16.8 Å². The van der Waals surface area contributed by atoms with Crippen molar-refractivity contribution < 1.29 is 4.79 Å². The Hall–Kier alpha value is -2.95. The van der Waals surface area contributed by atoms with Crippen LogP contribution in [0.2, 0.25) is 0 Å². The average molecular weight is 293 g/mol. The van der Waals surface area contributed by atoms with E-state index in [4.69, 9.17) is 0 Å². The van der Waals surface area contributed by atoms with Gasteiger partial charge in [-0.15, -0.1) is 0 Å². The first-order valence-corrected chi connectivity index (χ1v) is 6.95. The van der Waals surface area contributed by atoms with Crippen LogP contribution in [-0.2, 0) is 6.54 Å². The first-order valence-electron chi connectivity index (χ1n) is 6.95. The number of hydrogen-bond acceptors (Lipinski definition) is 3. The van der Waals surface area contributed by atoms with Gasteiger partial charge in [-0.2, -0.15) is 0 Å². The van der Waals surface area contributed by atoms with Crippen LogP contribution in [0.15, 0.2) is 53.6 Å².